The fourth-order valence-corrected chi connectivity index (χ4v) is 2.31. The summed E-state index contributed by atoms with van der Waals surface area (Å²) in [5, 5.41) is 4.08. The minimum Gasteiger partial charge on any atom is -0.249 e. The molecule has 0 aliphatic carbocycles. The molecule has 0 fully saturated rings. The van der Waals surface area contributed by atoms with Gasteiger partial charge in [0.1, 0.15) is 0 Å². The predicted octanol–water partition coefficient (Wildman–Crippen LogP) is 2.04. The van der Waals surface area contributed by atoms with Gasteiger partial charge >= 0.3 is 0 Å². The van der Waals surface area contributed by atoms with Gasteiger partial charge < -0.3 is 0 Å². The molecule has 1 heterocycles. The van der Waals surface area contributed by atoms with E-state index in [1.807, 2.05) is 20.8 Å². The molecule has 5 heteroatoms. The van der Waals surface area contributed by atoms with E-state index in [9.17, 15) is 4.21 Å². The summed E-state index contributed by atoms with van der Waals surface area (Å²) in [7, 11) is -2.06. The second-order valence-corrected chi connectivity index (χ2v) is 5.83. The normalized spacial score (nSPS) is 11.6. The van der Waals surface area contributed by atoms with Crippen molar-refractivity contribution in [1.29, 1.82) is 0 Å². The van der Waals surface area contributed by atoms with Crippen molar-refractivity contribution in [2.45, 2.75) is 27.3 Å². The molecule has 0 saturated heterocycles. The van der Waals surface area contributed by atoms with Crippen LogP contribution in [0.25, 0.3) is 0 Å². The number of rotatable bonds is 4. The van der Waals surface area contributed by atoms with Crippen molar-refractivity contribution in [2.75, 3.05) is 11.5 Å². The van der Waals surface area contributed by atoms with E-state index < -0.39 is 9.73 Å². The van der Waals surface area contributed by atoms with Gasteiger partial charge in [0, 0.05) is 24.1 Å². The van der Waals surface area contributed by atoms with Gasteiger partial charge in [-0.2, -0.15) is 9.46 Å². The van der Waals surface area contributed by atoms with Crippen LogP contribution in [0.3, 0.4) is 0 Å². The number of hydrogen-bond acceptors (Lipinski definition) is 3. The van der Waals surface area contributed by atoms with Crippen LogP contribution in [0.15, 0.2) is 16.6 Å². The minimum absolute atomic E-state index is 0.596. The van der Waals surface area contributed by atoms with E-state index in [0.717, 1.165) is 12.4 Å². The van der Waals surface area contributed by atoms with Gasteiger partial charge in [-0.3, -0.25) is 0 Å². The van der Waals surface area contributed by atoms with E-state index in [-0.39, 0.29) is 0 Å². The van der Waals surface area contributed by atoms with E-state index in [2.05, 4.69) is 9.46 Å². The first-order valence-corrected chi connectivity index (χ1v) is 6.74. The highest BCUT2D eigenvalue weighted by Gasteiger charge is 2.05. The lowest BCUT2D eigenvalue weighted by Gasteiger charge is -2.04. The lowest BCUT2D eigenvalue weighted by molar-refractivity contribution is 0.659. The van der Waals surface area contributed by atoms with Gasteiger partial charge in [0.25, 0.3) is 0 Å². The average Bonchev–Trinajstić information content (AvgIpc) is 2.65. The Morgan fingerprint density at radius 2 is 2.07 bits per heavy atom. The Kier molecular flexibility index (Phi) is 3.69. The molecule has 0 atom stereocenters. The monoisotopic (exact) mass is 215 g/mol. The molecule has 0 unspecified atom stereocenters. The first-order chi connectivity index (χ1) is 6.65. The van der Waals surface area contributed by atoms with Gasteiger partial charge in [-0.25, -0.2) is 8.89 Å². The Morgan fingerprint density at radius 1 is 1.43 bits per heavy atom. The Labute approximate surface area is 85.5 Å². The van der Waals surface area contributed by atoms with Crippen molar-refractivity contribution in [2.24, 2.45) is 4.36 Å². The number of nitrogens with zero attached hydrogens (tertiary/aromatic N) is 3. The molecule has 0 bridgehead atoms. The molecule has 0 amide bonds. The van der Waals surface area contributed by atoms with Crippen molar-refractivity contribution in [3.63, 3.8) is 0 Å². The highest BCUT2D eigenvalue weighted by Crippen LogP contribution is 2.14. The first kappa shape index (κ1) is 11.2. The van der Waals surface area contributed by atoms with Crippen LogP contribution in [0, 0.1) is 0 Å². The molecule has 1 aromatic rings. The SMILES string of the molecule is CCn1nccc1N=S(=O)(CC)CC. The summed E-state index contributed by atoms with van der Waals surface area (Å²) in [5.74, 6) is 1.91. The summed E-state index contributed by atoms with van der Waals surface area (Å²) in [6.07, 6.45) is 1.69. The van der Waals surface area contributed by atoms with Gasteiger partial charge in [-0.1, -0.05) is 13.8 Å². The Balaban J connectivity index is 3.13. The lowest BCUT2D eigenvalue weighted by atomic mass is 10.6. The fraction of sp³-hybridized carbons (Fsp3) is 0.667. The van der Waals surface area contributed by atoms with Crippen molar-refractivity contribution >= 4 is 15.5 Å². The van der Waals surface area contributed by atoms with Crippen LogP contribution in [-0.4, -0.2) is 25.5 Å². The van der Waals surface area contributed by atoms with Gasteiger partial charge in [-0.05, 0) is 6.92 Å². The molecule has 0 saturated carbocycles. The largest absolute Gasteiger partial charge is 0.249 e. The number of aryl methyl sites for hydroxylation is 1. The molecule has 0 N–H and O–H groups in total. The van der Waals surface area contributed by atoms with E-state index >= 15 is 0 Å². The maximum Gasteiger partial charge on any atom is 0.160 e. The zero-order valence-corrected chi connectivity index (χ0v) is 9.75. The predicted molar refractivity (Wildman–Crippen MR) is 59.2 cm³/mol. The van der Waals surface area contributed by atoms with Gasteiger partial charge in [0.15, 0.2) is 5.82 Å². The van der Waals surface area contributed by atoms with Crippen LogP contribution < -0.4 is 0 Å². The highest BCUT2D eigenvalue weighted by atomic mass is 32.2. The second-order valence-electron chi connectivity index (χ2n) is 2.95. The topological polar surface area (TPSA) is 47.2 Å². The smallest absolute Gasteiger partial charge is 0.160 e. The van der Waals surface area contributed by atoms with E-state index in [1.54, 1.807) is 16.9 Å². The zero-order chi connectivity index (χ0) is 10.6. The molecule has 4 nitrogen and oxygen atoms in total. The summed E-state index contributed by atoms with van der Waals surface area (Å²) in [4.78, 5) is 0. The van der Waals surface area contributed by atoms with Gasteiger partial charge in [-0.15, -0.1) is 0 Å². The van der Waals surface area contributed by atoms with Crippen LogP contribution in [0.2, 0.25) is 0 Å². The highest BCUT2D eigenvalue weighted by molar-refractivity contribution is 7.93. The molecular weight excluding hydrogens is 198 g/mol. The standard InChI is InChI=1S/C9H17N3OS/c1-4-12-9(7-8-10-12)11-14(13,5-2)6-3/h7-8H,4-6H2,1-3H3. The quantitative estimate of drug-likeness (QED) is 0.771. The van der Waals surface area contributed by atoms with Crippen LogP contribution in [0.5, 0.6) is 0 Å². The van der Waals surface area contributed by atoms with Crippen LogP contribution >= 0.6 is 0 Å². The molecular formula is C9H17N3OS. The number of hydrogen-bond donors (Lipinski definition) is 0. The first-order valence-electron chi connectivity index (χ1n) is 4.89. The third-order valence-electron chi connectivity index (χ3n) is 2.16. The Morgan fingerprint density at radius 3 is 2.57 bits per heavy atom. The molecule has 0 aromatic carbocycles. The van der Waals surface area contributed by atoms with E-state index in [0.29, 0.717) is 11.5 Å². The summed E-state index contributed by atoms with van der Waals surface area (Å²) in [5.41, 5.74) is 0. The van der Waals surface area contributed by atoms with Crippen molar-refractivity contribution < 1.29 is 4.21 Å². The molecule has 0 aliphatic heterocycles. The summed E-state index contributed by atoms with van der Waals surface area (Å²) in [6, 6.07) is 1.80. The lowest BCUT2D eigenvalue weighted by Crippen LogP contribution is -2.06. The second kappa shape index (κ2) is 4.59. The van der Waals surface area contributed by atoms with E-state index in [4.69, 9.17) is 0 Å². The minimum atomic E-state index is -2.06. The third kappa shape index (κ3) is 2.35. The summed E-state index contributed by atoms with van der Waals surface area (Å²) in [6.45, 7) is 6.56. The molecule has 0 spiro atoms. The molecule has 1 aromatic heterocycles. The summed E-state index contributed by atoms with van der Waals surface area (Å²) < 4.78 is 18.1. The molecule has 14 heavy (non-hydrogen) atoms. The van der Waals surface area contributed by atoms with Crippen molar-refractivity contribution in [3.8, 4) is 0 Å². The van der Waals surface area contributed by atoms with Gasteiger partial charge in [0.2, 0.25) is 0 Å². The maximum atomic E-state index is 12.1. The molecule has 80 valence electrons. The van der Waals surface area contributed by atoms with Crippen LogP contribution in [0.4, 0.5) is 5.82 Å². The average molecular weight is 215 g/mol. The molecule has 1 rings (SSSR count). The Bertz CT molecular complexity index is 392. The van der Waals surface area contributed by atoms with Gasteiger partial charge in [0.05, 0.1) is 15.9 Å². The van der Waals surface area contributed by atoms with E-state index in [1.165, 1.54) is 0 Å². The van der Waals surface area contributed by atoms with Crippen molar-refractivity contribution in [1.82, 2.24) is 9.78 Å². The maximum absolute atomic E-state index is 12.1. The fourth-order valence-electron chi connectivity index (χ4n) is 1.15. The third-order valence-corrected chi connectivity index (χ3v) is 4.48. The molecule has 0 radical (unpaired) electrons. The Hall–Kier alpha value is -0.840. The number of aromatic nitrogens is 2. The molecule has 0 aliphatic rings. The van der Waals surface area contributed by atoms with Crippen LogP contribution in [-0.2, 0) is 16.3 Å². The van der Waals surface area contributed by atoms with Crippen molar-refractivity contribution in [3.05, 3.63) is 12.3 Å². The summed E-state index contributed by atoms with van der Waals surface area (Å²) >= 11 is 0. The zero-order valence-electron chi connectivity index (χ0n) is 8.93. The van der Waals surface area contributed by atoms with Crippen LogP contribution in [0.1, 0.15) is 20.8 Å².